The van der Waals surface area contributed by atoms with Gasteiger partial charge in [-0.3, -0.25) is 4.79 Å². The smallest absolute Gasteiger partial charge is 0.251 e. The summed E-state index contributed by atoms with van der Waals surface area (Å²) in [5, 5.41) is 2.80. The molecule has 1 heterocycles. The molecule has 7 nitrogen and oxygen atoms in total. The molecule has 0 bridgehead atoms. The van der Waals surface area contributed by atoms with Gasteiger partial charge in [0.05, 0.1) is 18.6 Å². The van der Waals surface area contributed by atoms with E-state index in [1.165, 1.54) is 10.4 Å². The third-order valence-electron chi connectivity index (χ3n) is 5.53. The monoisotopic (exact) mass is 446 g/mol. The van der Waals surface area contributed by atoms with Crippen LogP contribution in [0, 0.1) is 12.8 Å². The molecule has 0 radical (unpaired) electrons. The summed E-state index contributed by atoms with van der Waals surface area (Å²) in [6.45, 7) is 5.52. The van der Waals surface area contributed by atoms with Gasteiger partial charge in [-0.25, -0.2) is 8.42 Å². The van der Waals surface area contributed by atoms with Gasteiger partial charge >= 0.3 is 0 Å². The number of nitrogens with zero attached hydrogens (tertiary/aromatic N) is 1. The highest BCUT2D eigenvalue weighted by Crippen LogP contribution is 2.25. The summed E-state index contributed by atoms with van der Waals surface area (Å²) in [6, 6.07) is 12.0. The Morgan fingerprint density at radius 2 is 1.84 bits per heavy atom. The van der Waals surface area contributed by atoms with Crippen LogP contribution in [0.25, 0.3) is 0 Å². The van der Waals surface area contributed by atoms with Crippen molar-refractivity contribution in [3.8, 4) is 11.5 Å². The molecule has 31 heavy (non-hydrogen) atoms. The van der Waals surface area contributed by atoms with Crippen LogP contribution < -0.4 is 14.8 Å². The Kier molecular flexibility index (Phi) is 7.56. The summed E-state index contributed by atoms with van der Waals surface area (Å²) in [6.07, 6.45) is 1.71. The van der Waals surface area contributed by atoms with Crippen LogP contribution in [0.2, 0.25) is 0 Å². The average Bonchev–Trinajstić information content (AvgIpc) is 2.77. The molecule has 1 aliphatic heterocycles. The van der Waals surface area contributed by atoms with Crippen molar-refractivity contribution in [2.45, 2.75) is 31.6 Å². The maximum absolute atomic E-state index is 13.0. The van der Waals surface area contributed by atoms with Crippen molar-refractivity contribution in [1.82, 2.24) is 9.62 Å². The summed E-state index contributed by atoms with van der Waals surface area (Å²) in [5.74, 6) is 1.55. The highest BCUT2D eigenvalue weighted by molar-refractivity contribution is 7.89. The molecular weight excluding hydrogens is 416 g/mol. The zero-order valence-electron chi connectivity index (χ0n) is 18.3. The molecule has 1 amide bonds. The van der Waals surface area contributed by atoms with Gasteiger partial charge in [-0.15, -0.1) is 0 Å². The molecule has 1 N–H and O–H groups in total. The second kappa shape index (κ2) is 10.2. The third-order valence-corrected chi connectivity index (χ3v) is 7.43. The van der Waals surface area contributed by atoms with Gasteiger partial charge in [0.2, 0.25) is 10.0 Å². The van der Waals surface area contributed by atoms with E-state index in [-0.39, 0.29) is 24.0 Å². The number of carbonyl (C=O) groups excluding carboxylic acids is 1. The summed E-state index contributed by atoms with van der Waals surface area (Å²) in [5.41, 5.74) is 1.07. The van der Waals surface area contributed by atoms with Crippen LogP contribution in [0.3, 0.4) is 0 Å². The first-order chi connectivity index (χ1) is 14.8. The second-order valence-electron chi connectivity index (χ2n) is 7.85. The van der Waals surface area contributed by atoms with Gasteiger partial charge in [-0.2, -0.15) is 4.31 Å². The van der Waals surface area contributed by atoms with Crippen LogP contribution in [0.5, 0.6) is 11.5 Å². The number of piperidine rings is 1. The lowest BCUT2D eigenvalue weighted by molar-refractivity contribution is 0.0946. The molecule has 1 aliphatic rings. The predicted molar refractivity (Wildman–Crippen MR) is 119 cm³/mol. The van der Waals surface area contributed by atoms with Crippen molar-refractivity contribution in [2.75, 3.05) is 33.4 Å². The summed E-state index contributed by atoms with van der Waals surface area (Å²) < 4.78 is 38.3. The minimum atomic E-state index is -3.61. The third kappa shape index (κ3) is 5.77. The Balaban J connectivity index is 1.62. The van der Waals surface area contributed by atoms with Crippen LogP contribution in [0.15, 0.2) is 47.4 Å². The number of aryl methyl sites for hydroxylation is 1. The van der Waals surface area contributed by atoms with Crippen molar-refractivity contribution >= 4 is 15.9 Å². The van der Waals surface area contributed by atoms with E-state index in [9.17, 15) is 13.2 Å². The van der Waals surface area contributed by atoms with Crippen LogP contribution in [-0.2, 0) is 10.0 Å². The van der Waals surface area contributed by atoms with Gasteiger partial charge in [0.1, 0.15) is 18.1 Å². The Morgan fingerprint density at radius 3 is 2.55 bits per heavy atom. The zero-order chi connectivity index (χ0) is 22.4. The molecule has 0 spiro atoms. The number of ether oxygens (including phenoxy) is 2. The van der Waals surface area contributed by atoms with Crippen molar-refractivity contribution in [3.63, 3.8) is 0 Å². The quantitative estimate of drug-likeness (QED) is 0.630. The predicted octanol–water partition coefficient (Wildman–Crippen LogP) is 3.23. The van der Waals surface area contributed by atoms with E-state index in [0.717, 1.165) is 18.4 Å². The first-order valence-electron chi connectivity index (χ1n) is 10.5. The molecule has 0 aromatic heterocycles. The Hall–Kier alpha value is -2.58. The van der Waals surface area contributed by atoms with E-state index in [1.54, 1.807) is 32.2 Å². The molecule has 8 heteroatoms. The Bertz CT molecular complexity index is 1010. The van der Waals surface area contributed by atoms with Gasteiger partial charge in [-0.1, -0.05) is 19.1 Å². The molecule has 0 saturated carbocycles. The van der Waals surface area contributed by atoms with Crippen LogP contribution in [0.4, 0.5) is 0 Å². The van der Waals surface area contributed by atoms with Crippen molar-refractivity contribution in [1.29, 1.82) is 0 Å². The van der Waals surface area contributed by atoms with E-state index in [2.05, 4.69) is 12.2 Å². The minimum absolute atomic E-state index is 0.158. The van der Waals surface area contributed by atoms with E-state index in [4.69, 9.17) is 9.47 Å². The number of methoxy groups -OCH3 is 1. The topological polar surface area (TPSA) is 84.9 Å². The Morgan fingerprint density at radius 1 is 1.13 bits per heavy atom. The molecule has 3 rings (SSSR count). The molecule has 0 atom stereocenters. The lowest BCUT2D eigenvalue weighted by atomic mass is 10.0. The highest BCUT2D eigenvalue weighted by atomic mass is 32.2. The Labute approximate surface area is 184 Å². The number of benzene rings is 2. The van der Waals surface area contributed by atoms with Crippen LogP contribution in [-0.4, -0.2) is 52.0 Å². The van der Waals surface area contributed by atoms with Crippen LogP contribution in [0.1, 0.15) is 35.7 Å². The largest absolute Gasteiger partial charge is 0.497 e. The number of carbonyl (C=O) groups is 1. The first-order valence-corrected chi connectivity index (χ1v) is 11.9. The maximum Gasteiger partial charge on any atom is 0.251 e. The molecule has 168 valence electrons. The number of rotatable bonds is 8. The highest BCUT2D eigenvalue weighted by Gasteiger charge is 2.28. The summed E-state index contributed by atoms with van der Waals surface area (Å²) in [4.78, 5) is 12.8. The summed E-state index contributed by atoms with van der Waals surface area (Å²) >= 11 is 0. The fourth-order valence-electron chi connectivity index (χ4n) is 3.50. The van der Waals surface area contributed by atoms with Gasteiger partial charge in [0.25, 0.3) is 5.91 Å². The fourth-order valence-corrected chi connectivity index (χ4v) is 5.00. The SMILES string of the molecule is COc1cccc(OCCNC(=O)c2cc(S(=O)(=O)N3CCC(C)CC3)ccc2C)c1. The van der Waals surface area contributed by atoms with E-state index >= 15 is 0 Å². The van der Waals surface area contributed by atoms with Crippen molar-refractivity contribution in [2.24, 2.45) is 5.92 Å². The zero-order valence-corrected chi connectivity index (χ0v) is 19.1. The van der Waals surface area contributed by atoms with Crippen molar-refractivity contribution in [3.05, 3.63) is 53.6 Å². The number of hydrogen-bond donors (Lipinski definition) is 1. The first kappa shape index (κ1) is 23.1. The number of hydrogen-bond acceptors (Lipinski definition) is 5. The standard InChI is InChI=1S/C23H30N2O5S/c1-17-9-12-25(13-10-17)31(27,28)21-8-7-18(2)22(16-21)23(26)24-11-14-30-20-6-4-5-19(15-20)29-3/h4-8,15-17H,9-14H2,1-3H3,(H,24,26). The molecule has 1 saturated heterocycles. The lowest BCUT2D eigenvalue weighted by Gasteiger charge is -2.29. The normalized spacial score (nSPS) is 15.5. The number of nitrogens with one attached hydrogen (secondary N) is 1. The van der Waals surface area contributed by atoms with Gasteiger partial charge in [0.15, 0.2) is 0 Å². The molecule has 2 aromatic rings. The molecule has 2 aromatic carbocycles. The van der Waals surface area contributed by atoms with Crippen LogP contribution >= 0.6 is 0 Å². The van der Waals surface area contributed by atoms with E-state index < -0.39 is 10.0 Å². The second-order valence-corrected chi connectivity index (χ2v) is 9.78. The fraction of sp³-hybridized carbons (Fsp3) is 0.435. The molecule has 0 unspecified atom stereocenters. The molecule has 1 fully saturated rings. The number of amides is 1. The minimum Gasteiger partial charge on any atom is -0.497 e. The lowest BCUT2D eigenvalue weighted by Crippen LogP contribution is -2.38. The van der Waals surface area contributed by atoms with Gasteiger partial charge in [0, 0.05) is 24.7 Å². The molecular formula is C23H30N2O5S. The van der Waals surface area contributed by atoms with E-state index in [0.29, 0.717) is 36.1 Å². The maximum atomic E-state index is 13.0. The average molecular weight is 447 g/mol. The number of sulfonamides is 1. The summed E-state index contributed by atoms with van der Waals surface area (Å²) in [7, 11) is -2.02. The van der Waals surface area contributed by atoms with E-state index in [1.807, 2.05) is 18.2 Å². The van der Waals surface area contributed by atoms with Gasteiger partial charge < -0.3 is 14.8 Å². The van der Waals surface area contributed by atoms with Crippen molar-refractivity contribution < 1.29 is 22.7 Å². The van der Waals surface area contributed by atoms with Gasteiger partial charge in [-0.05, 0) is 55.5 Å². The molecule has 0 aliphatic carbocycles.